The highest BCUT2D eigenvalue weighted by molar-refractivity contribution is 7.92. The van der Waals surface area contributed by atoms with Gasteiger partial charge in [0.05, 0.1) is 16.1 Å². The van der Waals surface area contributed by atoms with E-state index in [0.29, 0.717) is 0 Å². The number of Topliss-reactive ketones (excluding diaryl/α,β-unsaturated/α-hetero) is 1. The molecular weight excluding hydrogens is 399 g/mol. The summed E-state index contributed by atoms with van der Waals surface area (Å²) < 4.78 is 68.7. The SMILES string of the molecule is CCC1(S(=O)(=O)c2cccc(C)c2)CCOC(C(=O)C/C(=N\O)C(F)(F)F)C1. The van der Waals surface area contributed by atoms with Crippen molar-refractivity contribution in [2.75, 3.05) is 6.61 Å². The van der Waals surface area contributed by atoms with Crippen molar-refractivity contribution >= 4 is 21.3 Å². The van der Waals surface area contributed by atoms with Crippen LogP contribution in [0.2, 0.25) is 0 Å². The summed E-state index contributed by atoms with van der Waals surface area (Å²) in [4.78, 5) is 12.4. The lowest BCUT2D eigenvalue weighted by Gasteiger charge is -2.39. The minimum Gasteiger partial charge on any atom is -0.411 e. The highest BCUT2D eigenvalue weighted by Crippen LogP contribution is 2.40. The number of carbonyl (C=O) groups is 1. The molecule has 0 aromatic heterocycles. The first-order valence-electron chi connectivity index (χ1n) is 8.70. The maximum atomic E-state index is 13.3. The number of rotatable bonds is 6. The summed E-state index contributed by atoms with van der Waals surface area (Å²) in [6.07, 6.45) is -7.42. The number of benzene rings is 1. The van der Waals surface area contributed by atoms with Crippen LogP contribution in [0.1, 0.15) is 38.2 Å². The Balaban J connectivity index is 2.31. The molecule has 10 heteroatoms. The predicted octanol–water partition coefficient (Wildman–Crippen LogP) is 3.45. The average Bonchev–Trinajstić information content (AvgIpc) is 2.64. The van der Waals surface area contributed by atoms with Gasteiger partial charge in [-0.3, -0.25) is 4.79 Å². The molecule has 156 valence electrons. The number of oxime groups is 1. The highest BCUT2D eigenvalue weighted by Gasteiger charge is 2.49. The second kappa shape index (κ2) is 8.20. The zero-order valence-corrected chi connectivity index (χ0v) is 16.3. The number of aryl methyl sites for hydroxylation is 1. The minimum absolute atomic E-state index is 0.0765. The van der Waals surface area contributed by atoms with Gasteiger partial charge in [0.25, 0.3) is 0 Å². The van der Waals surface area contributed by atoms with Crippen molar-refractivity contribution in [1.82, 2.24) is 0 Å². The first-order valence-corrected chi connectivity index (χ1v) is 10.2. The molecule has 2 atom stereocenters. The number of hydrogen-bond donors (Lipinski definition) is 1. The van der Waals surface area contributed by atoms with Crippen molar-refractivity contribution < 1.29 is 36.3 Å². The van der Waals surface area contributed by atoms with Gasteiger partial charge in [-0.25, -0.2) is 8.42 Å². The molecule has 0 saturated carbocycles. The Bertz CT molecular complexity index is 866. The van der Waals surface area contributed by atoms with Crippen LogP contribution >= 0.6 is 0 Å². The molecule has 1 aromatic rings. The van der Waals surface area contributed by atoms with Crippen LogP contribution < -0.4 is 0 Å². The maximum absolute atomic E-state index is 13.3. The molecule has 1 aliphatic rings. The largest absolute Gasteiger partial charge is 0.433 e. The fraction of sp³-hybridized carbons (Fsp3) is 0.556. The number of carbonyl (C=O) groups excluding carboxylic acids is 1. The molecule has 28 heavy (non-hydrogen) atoms. The maximum Gasteiger partial charge on any atom is 0.433 e. The van der Waals surface area contributed by atoms with Crippen LogP contribution in [0.25, 0.3) is 0 Å². The van der Waals surface area contributed by atoms with Gasteiger partial charge >= 0.3 is 6.18 Å². The summed E-state index contributed by atoms with van der Waals surface area (Å²) in [6.45, 7) is 3.34. The van der Waals surface area contributed by atoms with Gasteiger partial charge in [-0.15, -0.1) is 0 Å². The third-order valence-electron chi connectivity index (χ3n) is 5.10. The summed E-state index contributed by atoms with van der Waals surface area (Å²) in [6, 6.07) is 6.35. The van der Waals surface area contributed by atoms with Gasteiger partial charge < -0.3 is 9.94 Å². The Kier molecular flexibility index (Phi) is 6.55. The van der Waals surface area contributed by atoms with E-state index >= 15 is 0 Å². The average molecular weight is 421 g/mol. The molecule has 1 N–H and O–H groups in total. The second-order valence-electron chi connectivity index (χ2n) is 6.86. The van der Waals surface area contributed by atoms with E-state index in [4.69, 9.17) is 9.94 Å². The monoisotopic (exact) mass is 421 g/mol. The number of ketones is 1. The van der Waals surface area contributed by atoms with Crippen LogP contribution in [0, 0.1) is 6.92 Å². The molecule has 0 bridgehead atoms. The molecule has 0 amide bonds. The normalized spacial score (nSPS) is 24.2. The fourth-order valence-corrected chi connectivity index (χ4v) is 5.55. The molecule has 1 aromatic carbocycles. The van der Waals surface area contributed by atoms with E-state index in [1.807, 2.05) is 0 Å². The third kappa shape index (κ3) is 4.38. The molecule has 0 aliphatic carbocycles. The molecule has 0 radical (unpaired) electrons. The topological polar surface area (TPSA) is 93.0 Å². The van der Waals surface area contributed by atoms with Gasteiger partial charge in [-0.1, -0.05) is 24.2 Å². The number of ether oxygens (including phenoxy) is 1. The third-order valence-corrected chi connectivity index (χ3v) is 7.77. The molecular formula is C18H22F3NO5S. The minimum atomic E-state index is -4.96. The van der Waals surface area contributed by atoms with E-state index in [-0.39, 0.29) is 30.8 Å². The Morgan fingerprint density at radius 1 is 1.39 bits per heavy atom. The fourth-order valence-electron chi connectivity index (χ4n) is 3.35. The van der Waals surface area contributed by atoms with Crippen molar-refractivity contribution in [2.45, 2.75) is 61.5 Å². The molecule has 2 rings (SSSR count). The molecule has 0 spiro atoms. The number of halogens is 3. The number of alkyl halides is 3. The van der Waals surface area contributed by atoms with E-state index < -0.39 is 44.8 Å². The van der Waals surface area contributed by atoms with Crippen LogP contribution in [0.15, 0.2) is 34.3 Å². The van der Waals surface area contributed by atoms with Crippen LogP contribution in [-0.4, -0.2) is 48.8 Å². The van der Waals surface area contributed by atoms with Crippen molar-refractivity contribution in [3.05, 3.63) is 29.8 Å². The lowest BCUT2D eigenvalue weighted by atomic mass is 9.89. The molecule has 1 aliphatic heterocycles. The molecule has 2 unspecified atom stereocenters. The number of sulfone groups is 1. The van der Waals surface area contributed by atoms with Crippen LogP contribution in [0.3, 0.4) is 0 Å². The first-order chi connectivity index (χ1) is 13.0. The molecule has 1 heterocycles. The summed E-state index contributed by atoms with van der Waals surface area (Å²) in [5.74, 6) is -0.970. The van der Waals surface area contributed by atoms with E-state index in [1.165, 1.54) is 12.1 Å². The summed E-state index contributed by atoms with van der Waals surface area (Å²) in [7, 11) is -3.86. The summed E-state index contributed by atoms with van der Waals surface area (Å²) >= 11 is 0. The van der Waals surface area contributed by atoms with Crippen LogP contribution in [-0.2, 0) is 19.4 Å². The number of hydrogen-bond acceptors (Lipinski definition) is 6. The Hall–Kier alpha value is -1.94. The van der Waals surface area contributed by atoms with E-state index in [0.717, 1.165) is 5.56 Å². The van der Waals surface area contributed by atoms with E-state index in [2.05, 4.69) is 5.16 Å². The van der Waals surface area contributed by atoms with Gasteiger partial charge in [0.2, 0.25) is 0 Å². The van der Waals surface area contributed by atoms with Crippen LogP contribution in [0.4, 0.5) is 13.2 Å². The van der Waals surface area contributed by atoms with Crippen molar-refractivity contribution in [2.24, 2.45) is 5.16 Å². The van der Waals surface area contributed by atoms with Crippen molar-refractivity contribution in [1.29, 1.82) is 0 Å². The van der Waals surface area contributed by atoms with Gasteiger partial charge in [0.15, 0.2) is 21.3 Å². The van der Waals surface area contributed by atoms with Gasteiger partial charge in [-0.2, -0.15) is 13.2 Å². The van der Waals surface area contributed by atoms with E-state index in [9.17, 15) is 26.4 Å². The second-order valence-corrected chi connectivity index (χ2v) is 9.20. The lowest BCUT2D eigenvalue weighted by molar-refractivity contribution is -0.134. The Morgan fingerprint density at radius 3 is 2.61 bits per heavy atom. The summed E-state index contributed by atoms with van der Waals surface area (Å²) in [5.41, 5.74) is -0.892. The lowest BCUT2D eigenvalue weighted by Crippen LogP contribution is -2.49. The zero-order chi connectivity index (χ0) is 21.2. The van der Waals surface area contributed by atoms with Crippen molar-refractivity contribution in [3.63, 3.8) is 0 Å². The van der Waals surface area contributed by atoms with E-state index in [1.54, 1.807) is 26.0 Å². The van der Waals surface area contributed by atoms with Gasteiger partial charge in [-0.05, 0) is 37.5 Å². The molecule has 1 fully saturated rings. The predicted molar refractivity (Wildman–Crippen MR) is 95.3 cm³/mol. The Labute approximate surface area is 161 Å². The van der Waals surface area contributed by atoms with Gasteiger partial charge in [0.1, 0.15) is 6.10 Å². The molecule has 1 saturated heterocycles. The van der Waals surface area contributed by atoms with Crippen LogP contribution in [0.5, 0.6) is 0 Å². The standard InChI is InChI=1S/C18H22F3NO5S/c1-3-17(28(25,26)13-6-4-5-12(2)9-13)7-8-27-15(11-17)14(23)10-16(22-24)18(19,20)21/h4-6,9,15,24H,3,7-8,10-11H2,1-2H3/b22-16+. The van der Waals surface area contributed by atoms with Gasteiger partial charge in [0, 0.05) is 13.0 Å². The van der Waals surface area contributed by atoms with Crippen molar-refractivity contribution in [3.8, 4) is 0 Å². The smallest absolute Gasteiger partial charge is 0.411 e. The quantitative estimate of drug-likeness (QED) is 0.431. The first kappa shape index (κ1) is 22.4. The summed E-state index contributed by atoms with van der Waals surface area (Å²) in [5, 5.41) is 10.7. The number of nitrogens with zero attached hydrogens (tertiary/aromatic N) is 1. The molecule has 6 nitrogen and oxygen atoms in total. The Morgan fingerprint density at radius 2 is 2.07 bits per heavy atom. The zero-order valence-electron chi connectivity index (χ0n) is 15.5. The highest BCUT2D eigenvalue weighted by atomic mass is 32.2.